The Morgan fingerprint density at radius 2 is 1.85 bits per heavy atom. The summed E-state index contributed by atoms with van der Waals surface area (Å²) in [6, 6.07) is 8.56. The molecular weight excluding hydrogens is 393 g/mol. The van der Waals surface area contributed by atoms with Gasteiger partial charge in [0.25, 0.3) is 5.69 Å². The van der Waals surface area contributed by atoms with E-state index in [1.807, 2.05) is 0 Å². The van der Waals surface area contributed by atoms with E-state index in [1.165, 1.54) is 23.9 Å². The van der Waals surface area contributed by atoms with Gasteiger partial charge in [0.1, 0.15) is 0 Å². The fourth-order valence-electron chi connectivity index (χ4n) is 1.96. The van der Waals surface area contributed by atoms with Crippen LogP contribution in [0.25, 0.3) is 0 Å². The number of hydrogen-bond donors (Lipinski definition) is 1. The highest BCUT2D eigenvalue weighted by Gasteiger charge is 2.31. The second kappa shape index (κ2) is 8.41. The van der Waals surface area contributed by atoms with E-state index in [0.717, 1.165) is 23.8 Å². The number of benzene rings is 2. The SMILES string of the molecule is O=C(CSCc1ccc([N+](=O)[O-])cc1)Nc1cc(C(F)(F)F)ccc1Cl. The largest absolute Gasteiger partial charge is 0.416 e. The number of non-ortho nitro benzene ring substituents is 1. The first-order valence-electron chi connectivity index (χ1n) is 7.14. The van der Waals surface area contributed by atoms with Crippen molar-refractivity contribution in [2.75, 3.05) is 11.1 Å². The van der Waals surface area contributed by atoms with Crippen molar-refractivity contribution in [2.24, 2.45) is 0 Å². The standard InChI is InChI=1S/C16H12ClF3N2O3S/c17-13-6-3-11(16(18,19)20)7-14(13)21-15(23)9-26-8-10-1-4-12(5-2-10)22(24)25/h1-7H,8-9H2,(H,21,23). The average molecular weight is 405 g/mol. The van der Waals surface area contributed by atoms with Crippen LogP contribution in [0.5, 0.6) is 0 Å². The minimum atomic E-state index is -4.53. The fourth-order valence-corrected chi connectivity index (χ4v) is 2.91. The zero-order valence-corrected chi connectivity index (χ0v) is 14.6. The number of rotatable bonds is 6. The van der Waals surface area contributed by atoms with Gasteiger partial charge in [-0.3, -0.25) is 14.9 Å². The summed E-state index contributed by atoms with van der Waals surface area (Å²) in [5.41, 5.74) is -0.264. The Morgan fingerprint density at radius 3 is 2.42 bits per heavy atom. The van der Waals surface area contributed by atoms with Gasteiger partial charge < -0.3 is 5.32 Å². The van der Waals surface area contributed by atoms with Crippen molar-refractivity contribution in [3.8, 4) is 0 Å². The van der Waals surface area contributed by atoms with Crippen LogP contribution in [-0.2, 0) is 16.7 Å². The number of halogens is 4. The van der Waals surface area contributed by atoms with Crippen LogP contribution < -0.4 is 5.32 Å². The van der Waals surface area contributed by atoms with Crippen molar-refractivity contribution in [1.29, 1.82) is 0 Å². The van der Waals surface area contributed by atoms with Gasteiger partial charge in [0, 0.05) is 17.9 Å². The molecule has 2 aromatic rings. The molecule has 1 N–H and O–H groups in total. The molecule has 0 bridgehead atoms. The number of hydrogen-bond acceptors (Lipinski definition) is 4. The maximum Gasteiger partial charge on any atom is 0.416 e. The smallest absolute Gasteiger partial charge is 0.324 e. The van der Waals surface area contributed by atoms with Gasteiger partial charge in [-0.15, -0.1) is 11.8 Å². The third-order valence-electron chi connectivity index (χ3n) is 3.22. The molecule has 0 aliphatic rings. The molecule has 0 aliphatic carbocycles. The lowest BCUT2D eigenvalue weighted by Gasteiger charge is -2.11. The zero-order valence-electron chi connectivity index (χ0n) is 13.0. The molecule has 2 aromatic carbocycles. The molecule has 0 saturated heterocycles. The molecule has 0 fully saturated rings. The van der Waals surface area contributed by atoms with Gasteiger partial charge >= 0.3 is 6.18 Å². The molecule has 0 unspecified atom stereocenters. The number of nitro benzene ring substituents is 1. The number of carbonyl (C=O) groups excluding carboxylic acids is 1. The summed E-state index contributed by atoms with van der Waals surface area (Å²) in [4.78, 5) is 22.0. The number of amides is 1. The van der Waals surface area contributed by atoms with Gasteiger partial charge in [0.2, 0.25) is 5.91 Å². The Bertz CT molecular complexity index is 813. The Labute approximate surface area is 155 Å². The van der Waals surface area contributed by atoms with Crippen LogP contribution in [0.2, 0.25) is 5.02 Å². The van der Waals surface area contributed by atoms with Crippen LogP contribution in [-0.4, -0.2) is 16.6 Å². The minimum absolute atomic E-state index is 0.00622. The topological polar surface area (TPSA) is 72.2 Å². The number of nitro groups is 1. The molecule has 0 saturated carbocycles. The van der Waals surface area contributed by atoms with Crippen molar-refractivity contribution in [2.45, 2.75) is 11.9 Å². The molecule has 0 atom stereocenters. The molecule has 0 aliphatic heterocycles. The second-order valence-electron chi connectivity index (χ2n) is 5.16. The lowest BCUT2D eigenvalue weighted by Crippen LogP contribution is -2.15. The predicted octanol–water partition coefficient (Wildman–Crippen LogP) is 5.14. The van der Waals surface area contributed by atoms with Gasteiger partial charge in [0.15, 0.2) is 0 Å². The van der Waals surface area contributed by atoms with Crippen LogP contribution >= 0.6 is 23.4 Å². The first-order valence-corrected chi connectivity index (χ1v) is 8.68. The molecule has 138 valence electrons. The van der Waals surface area contributed by atoms with Gasteiger partial charge in [-0.2, -0.15) is 13.2 Å². The van der Waals surface area contributed by atoms with E-state index < -0.39 is 22.6 Å². The Kier molecular flexibility index (Phi) is 6.49. The van der Waals surface area contributed by atoms with E-state index in [2.05, 4.69) is 5.32 Å². The van der Waals surface area contributed by atoms with Crippen molar-refractivity contribution >= 4 is 40.6 Å². The van der Waals surface area contributed by atoms with Gasteiger partial charge in [-0.1, -0.05) is 23.7 Å². The summed E-state index contributed by atoms with van der Waals surface area (Å²) in [6.07, 6.45) is -4.53. The van der Waals surface area contributed by atoms with E-state index in [0.29, 0.717) is 5.75 Å². The summed E-state index contributed by atoms with van der Waals surface area (Å²) >= 11 is 7.03. The van der Waals surface area contributed by atoms with E-state index >= 15 is 0 Å². The maximum atomic E-state index is 12.7. The normalized spacial score (nSPS) is 11.2. The van der Waals surface area contributed by atoms with Gasteiger partial charge in [-0.25, -0.2) is 0 Å². The number of thioether (sulfide) groups is 1. The molecule has 26 heavy (non-hydrogen) atoms. The highest BCUT2D eigenvalue weighted by molar-refractivity contribution is 7.99. The van der Waals surface area contributed by atoms with Crippen LogP contribution in [0.15, 0.2) is 42.5 Å². The average Bonchev–Trinajstić information content (AvgIpc) is 2.56. The third kappa shape index (κ3) is 5.63. The van der Waals surface area contributed by atoms with Crippen molar-refractivity contribution in [1.82, 2.24) is 0 Å². The van der Waals surface area contributed by atoms with E-state index in [-0.39, 0.29) is 22.2 Å². The lowest BCUT2D eigenvalue weighted by molar-refractivity contribution is -0.384. The monoisotopic (exact) mass is 404 g/mol. The molecule has 0 spiro atoms. The number of anilines is 1. The van der Waals surface area contributed by atoms with Crippen LogP contribution in [0.4, 0.5) is 24.5 Å². The first-order chi connectivity index (χ1) is 12.2. The minimum Gasteiger partial charge on any atom is -0.324 e. The quantitative estimate of drug-likeness (QED) is 0.534. The van der Waals surface area contributed by atoms with Gasteiger partial charge in [-0.05, 0) is 23.8 Å². The summed E-state index contributed by atoms with van der Waals surface area (Å²) in [5, 5.41) is 12.9. The summed E-state index contributed by atoms with van der Waals surface area (Å²) in [5.74, 6) is -0.0937. The van der Waals surface area contributed by atoms with Crippen LogP contribution in [0.1, 0.15) is 11.1 Å². The summed E-state index contributed by atoms with van der Waals surface area (Å²) in [6.45, 7) is 0. The fraction of sp³-hybridized carbons (Fsp3) is 0.188. The Morgan fingerprint density at radius 1 is 1.19 bits per heavy atom. The Balaban J connectivity index is 1.90. The summed E-state index contributed by atoms with van der Waals surface area (Å²) < 4.78 is 38.1. The highest BCUT2D eigenvalue weighted by atomic mass is 35.5. The second-order valence-corrected chi connectivity index (χ2v) is 6.55. The zero-order chi connectivity index (χ0) is 19.3. The third-order valence-corrected chi connectivity index (χ3v) is 4.55. The number of nitrogens with one attached hydrogen (secondary N) is 1. The summed E-state index contributed by atoms with van der Waals surface area (Å²) in [7, 11) is 0. The van der Waals surface area contributed by atoms with Crippen LogP contribution in [0, 0.1) is 10.1 Å². The number of nitrogens with zero attached hydrogens (tertiary/aromatic N) is 1. The van der Waals surface area contributed by atoms with Crippen LogP contribution in [0.3, 0.4) is 0 Å². The molecule has 0 aromatic heterocycles. The molecule has 0 radical (unpaired) electrons. The predicted molar refractivity (Wildman–Crippen MR) is 94.3 cm³/mol. The molecule has 10 heteroatoms. The van der Waals surface area contributed by atoms with Crippen molar-refractivity contribution < 1.29 is 22.9 Å². The molecule has 0 heterocycles. The van der Waals surface area contributed by atoms with Gasteiger partial charge in [0.05, 0.1) is 26.9 Å². The van der Waals surface area contributed by atoms with Crippen molar-refractivity contribution in [3.05, 3.63) is 68.7 Å². The van der Waals surface area contributed by atoms with E-state index in [1.54, 1.807) is 12.1 Å². The number of alkyl halides is 3. The van der Waals surface area contributed by atoms with Crippen molar-refractivity contribution in [3.63, 3.8) is 0 Å². The lowest BCUT2D eigenvalue weighted by atomic mass is 10.2. The number of carbonyl (C=O) groups is 1. The molecule has 5 nitrogen and oxygen atoms in total. The Hall–Kier alpha value is -2.26. The van der Waals surface area contributed by atoms with E-state index in [4.69, 9.17) is 11.6 Å². The molecule has 2 rings (SSSR count). The maximum absolute atomic E-state index is 12.7. The first kappa shape index (κ1) is 20.1. The molecule has 1 amide bonds. The molecular formula is C16H12ClF3N2O3S. The van der Waals surface area contributed by atoms with E-state index in [9.17, 15) is 28.1 Å². The highest BCUT2D eigenvalue weighted by Crippen LogP contribution is 2.33.